The molecule has 0 aliphatic rings. The molecular formula is C25H22NO+. The highest BCUT2D eigenvalue weighted by Crippen LogP contribution is 2.35. The lowest BCUT2D eigenvalue weighted by atomic mass is 10.0. The smallest absolute Gasteiger partial charge is 0.216 e. The monoisotopic (exact) mass is 358 g/mol. The summed E-state index contributed by atoms with van der Waals surface area (Å²) in [5.74, 6) is 0. The summed E-state index contributed by atoms with van der Waals surface area (Å²) in [6.45, 7) is -2.39. The van der Waals surface area contributed by atoms with Crippen LogP contribution in [0.1, 0.15) is 24.9 Å². The van der Waals surface area contributed by atoms with Crippen LogP contribution in [0.2, 0.25) is 0 Å². The maximum absolute atomic E-state index is 7.69. The standard InChI is InChI=1S/C25H22NO/c1-15-5-8-19(17(3)11-15)22-13-24-21(14-26(22)4)25-20-9-6-16(2)12-18(20)7-10-23(25)27-24/h5-14H,1-4H3/q+1/i1D3,2D3. The third-order valence-electron chi connectivity index (χ3n) is 5.21. The molecule has 2 heteroatoms. The number of furan rings is 1. The summed E-state index contributed by atoms with van der Waals surface area (Å²) < 4.78 is 54.2. The van der Waals surface area contributed by atoms with Crippen molar-refractivity contribution in [2.75, 3.05) is 0 Å². The number of hydrogen-bond acceptors (Lipinski definition) is 1. The van der Waals surface area contributed by atoms with E-state index in [2.05, 4.69) is 0 Å². The molecule has 0 amide bonds. The van der Waals surface area contributed by atoms with E-state index < -0.39 is 13.7 Å². The van der Waals surface area contributed by atoms with E-state index in [-0.39, 0.29) is 0 Å². The first-order valence-corrected chi connectivity index (χ1v) is 8.84. The first-order chi connectivity index (χ1) is 15.4. The van der Waals surface area contributed by atoms with Gasteiger partial charge in [0.05, 0.1) is 11.5 Å². The fourth-order valence-corrected chi connectivity index (χ4v) is 3.91. The Morgan fingerprint density at radius 3 is 2.48 bits per heavy atom. The molecule has 132 valence electrons. The predicted molar refractivity (Wildman–Crippen MR) is 112 cm³/mol. The lowest BCUT2D eigenvalue weighted by molar-refractivity contribution is -0.659. The van der Waals surface area contributed by atoms with Crippen LogP contribution in [0, 0.1) is 20.6 Å². The molecule has 0 saturated heterocycles. The van der Waals surface area contributed by atoms with Crippen LogP contribution in [0.5, 0.6) is 0 Å². The maximum Gasteiger partial charge on any atom is 0.216 e. The lowest BCUT2D eigenvalue weighted by Crippen LogP contribution is -2.30. The Bertz CT molecular complexity index is 1560. The van der Waals surface area contributed by atoms with Gasteiger partial charge in [-0.2, -0.15) is 0 Å². The molecule has 27 heavy (non-hydrogen) atoms. The summed E-state index contributed by atoms with van der Waals surface area (Å²) in [7, 11) is 1.95. The van der Waals surface area contributed by atoms with Gasteiger partial charge in [-0.05, 0) is 49.1 Å². The van der Waals surface area contributed by atoms with Gasteiger partial charge in [-0.1, -0.05) is 47.5 Å². The molecule has 3 aromatic carbocycles. The van der Waals surface area contributed by atoms with E-state index in [1.807, 2.05) is 55.1 Å². The van der Waals surface area contributed by atoms with Crippen LogP contribution in [-0.2, 0) is 7.05 Å². The van der Waals surface area contributed by atoms with Crippen molar-refractivity contribution in [1.29, 1.82) is 0 Å². The zero-order valence-electron chi connectivity index (χ0n) is 21.1. The Morgan fingerprint density at radius 1 is 0.852 bits per heavy atom. The Morgan fingerprint density at radius 2 is 1.67 bits per heavy atom. The molecule has 2 nitrogen and oxygen atoms in total. The molecular weight excluding hydrogens is 330 g/mol. The molecule has 2 heterocycles. The summed E-state index contributed by atoms with van der Waals surface area (Å²) in [6.07, 6.45) is 2.00. The highest BCUT2D eigenvalue weighted by atomic mass is 16.3. The highest BCUT2D eigenvalue weighted by Gasteiger charge is 2.19. The van der Waals surface area contributed by atoms with Crippen molar-refractivity contribution in [2.24, 2.45) is 7.05 Å². The van der Waals surface area contributed by atoms with Gasteiger partial charge >= 0.3 is 0 Å². The molecule has 0 bridgehead atoms. The van der Waals surface area contributed by atoms with Gasteiger partial charge in [0.25, 0.3) is 0 Å². The average molecular weight is 358 g/mol. The molecule has 0 unspecified atom stereocenters. The first kappa shape index (κ1) is 10.9. The summed E-state index contributed by atoms with van der Waals surface area (Å²) >= 11 is 0. The summed E-state index contributed by atoms with van der Waals surface area (Å²) in [4.78, 5) is 0. The molecule has 5 aromatic rings. The SMILES string of the molecule is [2H]C([2H])([2H])c1ccc(-c2cc3oc4ccc5cc(C([2H])([2H])[2H])ccc5c4c3c[n+]2C)c(C)c1. The van der Waals surface area contributed by atoms with Gasteiger partial charge < -0.3 is 4.42 Å². The topological polar surface area (TPSA) is 17.0 Å². The van der Waals surface area contributed by atoms with Gasteiger partial charge in [-0.25, -0.2) is 4.57 Å². The van der Waals surface area contributed by atoms with Crippen LogP contribution in [-0.4, -0.2) is 0 Å². The molecule has 0 aliphatic carbocycles. The highest BCUT2D eigenvalue weighted by molar-refractivity contribution is 6.18. The molecule has 0 fully saturated rings. The Labute approximate surface area is 167 Å². The van der Waals surface area contributed by atoms with Crippen molar-refractivity contribution < 1.29 is 17.2 Å². The average Bonchev–Trinajstić information content (AvgIpc) is 3.09. The minimum Gasteiger partial charge on any atom is -0.456 e. The maximum atomic E-state index is 7.69. The van der Waals surface area contributed by atoms with E-state index in [9.17, 15) is 0 Å². The molecule has 0 N–H and O–H groups in total. The van der Waals surface area contributed by atoms with Gasteiger partial charge in [0.2, 0.25) is 5.69 Å². The van der Waals surface area contributed by atoms with Crippen molar-refractivity contribution in [2.45, 2.75) is 20.6 Å². The predicted octanol–water partition coefficient (Wildman–Crippen LogP) is 6.16. The van der Waals surface area contributed by atoms with E-state index in [1.54, 1.807) is 24.3 Å². The van der Waals surface area contributed by atoms with Crippen molar-refractivity contribution in [3.05, 3.63) is 77.5 Å². The molecule has 0 saturated carbocycles. The Hall–Kier alpha value is -3.13. The minimum atomic E-state index is -2.16. The van der Waals surface area contributed by atoms with E-state index in [1.165, 1.54) is 0 Å². The van der Waals surface area contributed by atoms with Gasteiger partial charge in [0.1, 0.15) is 18.2 Å². The Kier molecular flexibility index (Phi) is 2.29. The second kappa shape index (κ2) is 5.68. The molecule has 0 atom stereocenters. The van der Waals surface area contributed by atoms with Crippen molar-refractivity contribution in [1.82, 2.24) is 0 Å². The minimum absolute atomic E-state index is 0.311. The number of pyridine rings is 1. The Balaban J connectivity index is 1.72. The van der Waals surface area contributed by atoms with Crippen molar-refractivity contribution >= 4 is 32.7 Å². The fraction of sp³-hybridized carbons (Fsp3) is 0.160. The van der Waals surface area contributed by atoms with Crippen LogP contribution in [0.4, 0.5) is 0 Å². The second-order valence-corrected chi connectivity index (χ2v) is 7.05. The molecule has 2 aromatic heterocycles. The zero-order chi connectivity index (χ0) is 23.7. The second-order valence-electron chi connectivity index (χ2n) is 7.05. The lowest BCUT2D eigenvalue weighted by Gasteiger charge is -2.05. The van der Waals surface area contributed by atoms with Crippen molar-refractivity contribution in [3.63, 3.8) is 0 Å². The third kappa shape index (κ3) is 2.44. The molecule has 0 aliphatic heterocycles. The fourth-order valence-electron chi connectivity index (χ4n) is 3.91. The number of aromatic nitrogens is 1. The van der Waals surface area contributed by atoms with Gasteiger partial charge in [-0.3, -0.25) is 0 Å². The van der Waals surface area contributed by atoms with E-state index in [4.69, 9.17) is 12.6 Å². The van der Waals surface area contributed by atoms with E-state index in [0.29, 0.717) is 16.7 Å². The van der Waals surface area contributed by atoms with Crippen LogP contribution < -0.4 is 4.57 Å². The number of rotatable bonds is 1. The zero-order valence-corrected chi connectivity index (χ0v) is 15.1. The number of hydrogen-bond donors (Lipinski definition) is 0. The molecule has 0 radical (unpaired) electrons. The summed E-state index contributed by atoms with van der Waals surface area (Å²) in [5, 5.41) is 3.66. The number of fused-ring (bicyclic) bond motifs is 5. The molecule has 5 rings (SSSR count). The third-order valence-corrected chi connectivity index (χ3v) is 5.21. The number of nitrogens with zero attached hydrogens (tertiary/aromatic N) is 1. The van der Waals surface area contributed by atoms with Gasteiger partial charge in [0.15, 0.2) is 6.20 Å². The van der Waals surface area contributed by atoms with Gasteiger partial charge in [-0.15, -0.1) is 0 Å². The van der Waals surface area contributed by atoms with Crippen LogP contribution in [0.15, 0.2) is 65.2 Å². The first-order valence-electron chi connectivity index (χ1n) is 11.8. The van der Waals surface area contributed by atoms with Crippen LogP contribution in [0.3, 0.4) is 0 Å². The van der Waals surface area contributed by atoms with E-state index in [0.717, 1.165) is 43.9 Å². The number of aryl methyl sites for hydroxylation is 4. The van der Waals surface area contributed by atoms with Crippen molar-refractivity contribution in [3.8, 4) is 11.3 Å². The number of benzene rings is 3. The normalized spacial score (nSPS) is 15.9. The molecule has 0 spiro atoms. The van der Waals surface area contributed by atoms with Crippen LogP contribution >= 0.6 is 0 Å². The largest absolute Gasteiger partial charge is 0.456 e. The summed E-state index contributed by atoms with van der Waals surface area (Å²) in [6, 6.07) is 16.1. The quantitative estimate of drug-likeness (QED) is 0.328. The van der Waals surface area contributed by atoms with Crippen LogP contribution in [0.25, 0.3) is 44.0 Å². The van der Waals surface area contributed by atoms with E-state index >= 15 is 0 Å². The summed E-state index contributed by atoms with van der Waals surface area (Å²) in [5.41, 5.74) is 4.78. The van der Waals surface area contributed by atoms with Gasteiger partial charge in [0, 0.05) is 19.2 Å².